The minimum Gasteiger partial charge on any atom is -0.458 e. The zero-order valence-electron chi connectivity index (χ0n) is 12.4. The quantitative estimate of drug-likeness (QED) is 0.611. The first-order valence-corrected chi connectivity index (χ1v) is 7.19. The zero-order chi connectivity index (χ0) is 14.8. The van der Waals surface area contributed by atoms with E-state index in [4.69, 9.17) is 4.74 Å². The molecule has 0 spiro atoms. The zero-order valence-corrected chi connectivity index (χ0v) is 12.4. The summed E-state index contributed by atoms with van der Waals surface area (Å²) in [5.74, 6) is 0.0358. The van der Waals surface area contributed by atoms with Gasteiger partial charge in [0.1, 0.15) is 11.9 Å². The van der Waals surface area contributed by atoms with Crippen LogP contribution in [0.5, 0.6) is 0 Å². The SMILES string of the molecule is CC1CCC(OC(=O)c2ccccc2)C(C)(C)CC1=O. The van der Waals surface area contributed by atoms with Crippen molar-refractivity contribution in [1.82, 2.24) is 0 Å². The summed E-state index contributed by atoms with van der Waals surface area (Å²) in [5, 5.41) is 0. The molecule has 0 N–H and O–H groups in total. The fraction of sp³-hybridized carbons (Fsp3) is 0.529. The van der Waals surface area contributed by atoms with Crippen LogP contribution in [0.2, 0.25) is 0 Å². The van der Waals surface area contributed by atoms with Gasteiger partial charge in [-0.1, -0.05) is 39.0 Å². The number of hydrogen-bond donors (Lipinski definition) is 0. The van der Waals surface area contributed by atoms with Crippen LogP contribution in [0.25, 0.3) is 0 Å². The summed E-state index contributed by atoms with van der Waals surface area (Å²) in [7, 11) is 0. The summed E-state index contributed by atoms with van der Waals surface area (Å²) >= 11 is 0. The van der Waals surface area contributed by atoms with Crippen molar-refractivity contribution in [3.05, 3.63) is 35.9 Å². The number of esters is 1. The normalized spacial score (nSPS) is 25.9. The van der Waals surface area contributed by atoms with Gasteiger partial charge in [-0.25, -0.2) is 4.79 Å². The lowest BCUT2D eigenvalue weighted by atomic mass is 9.81. The average Bonchev–Trinajstić information content (AvgIpc) is 2.51. The maximum absolute atomic E-state index is 12.2. The van der Waals surface area contributed by atoms with Gasteiger partial charge in [-0.05, 0) is 25.0 Å². The second kappa shape index (κ2) is 5.78. The molecule has 0 radical (unpaired) electrons. The third-order valence-corrected chi connectivity index (χ3v) is 4.17. The summed E-state index contributed by atoms with van der Waals surface area (Å²) in [6, 6.07) is 9.01. The standard InChI is InChI=1S/C17H22O3/c1-12-9-10-15(17(2,3)11-14(12)18)20-16(19)13-7-5-4-6-8-13/h4-8,12,15H,9-11H2,1-3H3. The summed E-state index contributed by atoms with van der Waals surface area (Å²) < 4.78 is 5.68. The minimum absolute atomic E-state index is 0.0645. The second-order valence-corrected chi connectivity index (χ2v) is 6.37. The van der Waals surface area contributed by atoms with Crippen LogP contribution in [-0.4, -0.2) is 17.9 Å². The highest BCUT2D eigenvalue weighted by Crippen LogP contribution is 2.37. The van der Waals surface area contributed by atoms with E-state index in [1.807, 2.05) is 39.0 Å². The maximum atomic E-state index is 12.2. The molecule has 20 heavy (non-hydrogen) atoms. The molecular weight excluding hydrogens is 252 g/mol. The Labute approximate surface area is 120 Å². The van der Waals surface area contributed by atoms with E-state index in [0.29, 0.717) is 12.0 Å². The van der Waals surface area contributed by atoms with Crippen LogP contribution in [-0.2, 0) is 9.53 Å². The van der Waals surface area contributed by atoms with E-state index in [0.717, 1.165) is 12.8 Å². The van der Waals surface area contributed by atoms with E-state index >= 15 is 0 Å². The van der Waals surface area contributed by atoms with Crippen LogP contribution in [0.15, 0.2) is 30.3 Å². The molecule has 1 fully saturated rings. The van der Waals surface area contributed by atoms with Crippen molar-refractivity contribution in [3.63, 3.8) is 0 Å². The summed E-state index contributed by atoms with van der Waals surface area (Å²) in [4.78, 5) is 24.2. The molecule has 0 heterocycles. The van der Waals surface area contributed by atoms with Crippen molar-refractivity contribution >= 4 is 11.8 Å². The topological polar surface area (TPSA) is 43.4 Å². The van der Waals surface area contributed by atoms with Gasteiger partial charge in [0.15, 0.2) is 0 Å². The molecular formula is C17H22O3. The van der Waals surface area contributed by atoms with Gasteiger partial charge in [0, 0.05) is 17.8 Å². The lowest BCUT2D eigenvalue weighted by Gasteiger charge is -2.31. The molecule has 0 bridgehead atoms. The molecule has 1 saturated carbocycles. The Balaban J connectivity index is 2.11. The Morgan fingerprint density at radius 3 is 2.50 bits per heavy atom. The summed E-state index contributed by atoms with van der Waals surface area (Å²) in [6.45, 7) is 5.97. The number of Topliss-reactive ketones (excluding diaryl/α,β-unsaturated/α-hetero) is 1. The number of rotatable bonds is 2. The van der Waals surface area contributed by atoms with Gasteiger partial charge >= 0.3 is 5.97 Å². The van der Waals surface area contributed by atoms with Gasteiger partial charge in [-0.15, -0.1) is 0 Å². The van der Waals surface area contributed by atoms with E-state index < -0.39 is 0 Å². The highest BCUT2D eigenvalue weighted by molar-refractivity contribution is 5.89. The molecule has 2 rings (SSSR count). The Kier molecular flexibility index (Phi) is 4.26. The highest BCUT2D eigenvalue weighted by atomic mass is 16.5. The Hall–Kier alpha value is -1.64. The molecule has 0 aliphatic heterocycles. The molecule has 1 aliphatic rings. The van der Waals surface area contributed by atoms with Crippen LogP contribution in [0, 0.1) is 11.3 Å². The summed E-state index contributed by atoms with van der Waals surface area (Å²) in [6.07, 6.45) is 1.80. The molecule has 1 aromatic rings. The molecule has 3 nitrogen and oxygen atoms in total. The Morgan fingerprint density at radius 2 is 1.85 bits per heavy atom. The van der Waals surface area contributed by atoms with Crippen molar-refractivity contribution in [2.45, 2.75) is 46.1 Å². The van der Waals surface area contributed by atoms with Gasteiger partial charge in [-0.3, -0.25) is 4.79 Å². The van der Waals surface area contributed by atoms with Gasteiger partial charge < -0.3 is 4.74 Å². The molecule has 2 unspecified atom stereocenters. The lowest BCUT2D eigenvalue weighted by Crippen LogP contribution is -2.34. The molecule has 0 amide bonds. The van der Waals surface area contributed by atoms with E-state index in [1.54, 1.807) is 12.1 Å². The van der Waals surface area contributed by atoms with Crippen molar-refractivity contribution in [2.75, 3.05) is 0 Å². The Bertz CT molecular complexity index is 490. The molecule has 0 saturated heterocycles. The number of hydrogen-bond acceptors (Lipinski definition) is 3. The number of ether oxygens (including phenoxy) is 1. The third kappa shape index (κ3) is 3.27. The summed E-state index contributed by atoms with van der Waals surface area (Å²) in [5.41, 5.74) is 0.263. The van der Waals surface area contributed by atoms with E-state index in [-0.39, 0.29) is 29.2 Å². The van der Waals surface area contributed by atoms with E-state index in [9.17, 15) is 9.59 Å². The van der Waals surface area contributed by atoms with Crippen molar-refractivity contribution in [2.24, 2.45) is 11.3 Å². The monoisotopic (exact) mass is 274 g/mol. The van der Waals surface area contributed by atoms with Crippen molar-refractivity contribution < 1.29 is 14.3 Å². The van der Waals surface area contributed by atoms with Gasteiger partial charge in [-0.2, -0.15) is 0 Å². The van der Waals surface area contributed by atoms with Gasteiger partial charge in [0.25, 0.3) is 0 Å². The van der Waals surface area contributed by atoms with E-state index in [2.05, 4.69) is 0 Å². The molecule has 1 aliphatic carbocycles. The molecule has 1 aromatic carbocycles. The van der Waals surface area contributed by atoms with E-state index in [1.165, 1.54) is 0 Å². The maximum Gasteiger partial charge on any atom is 0.338 e. The minimum atomic E-state index is -0.300. The van der Waals surface area contributed by atoms with Crippen LogP contribution < -0.4 is 0 Å². The number of ketones is 1. The van der Waals surface area contributed by atoms with Crippen molar-refractivity contribution in [3.8, 4) is 0 Å². The third-order valence-electron chi connectivity index (χ3n) is 4.17. The predicted octanol–water partition coefficient (Wildman–Crippen LogP) is 3.63. The fourth-order valence-corrected chi connectivity index (χ4v) is 2.68. The highest BCUT2D eigenvalue weighted by Gasteiger charge is 2.39. The molecule has 2 atom stereocenters. The number of carbonyl (C=O) groups excluding carboxylic acids is 2. The molecule has 3 heteroatoms. The lowest BCUT2D eigenvalue weighted by molar-refractivity contribution is -0.124. The number of carbonyl (C=O) groups is 2. The first-order valence-electron chi connectivity index (χ1n) is 7.19. The first kappa shape index (κ1) is 14.8. The van der Waals surface area contributed by atoms with Gasteiger partial charge in [0.2, 0.25) is 0 Å². The largest absolute Gasteiger partial charge is 0.458 e. The fourth-order valence-electron chi connectivity index (χ4n) is 2.68. The predicted molar refractivity (Wildman–Crippen MR) is 77.4 cm³/mol. The smallest absolute Gasteiger partial charge is 0.338 e. The van der Waals surface area contributed by atoms with Crippen LogP contribution in [0.4, 0.5) is 0 Å². The average molecular weight is 274 g/mol. The van der Waals surface area contributed by atoms with Crippen molar-refractivity contribution in [1.29, 1.82) is 0 Å². The Morgan fingerprint density at radius 1 is 1.20 bits per heavy atom. The van der Waals surface area contributed by atoms with Crippen LogP contribution >= 0.6 is 0 Å². The van der Waals surface area contributed by atoms with Gasteiger partial charge in [0.05, 0.1) is 5.56 Å². The van der Waals surface area contributed by atoms with Crippen LogP contribution in [0.3, 0.4) is 0 Å². The number of benzene rings is 1. The van der Waals surface area contributed by atoms with Crippen LogP contribution in [0.1, 0.15) is 50.4 Å². The molecule has 108 valence electrons. The second-order valence-electron chi connectivity index (χ2n) is 6.37. The first-order chi connectivity index (χ1) is 9.40. The molecule has 0 aromatic heterocycles.